The molecular formula is C15H17NO2S2. The number of nitrogen functional groups attached to an aromatic ring is 1. The monoisotopic (exact) mass is 307 g/mol. The van der Waals surface area contributed by atoms with Gasteiger partial charge in [-0.25, -0.2) is 8.42 Å². The van der Waals surface area contributed by atoms with Crippen LogP contribution in [0.5, 0.6) is 0 Å². The molecule has 0 heterocycles. The van der Waals surface area contributed by atoms with Crippen molar-refractivity contribution in [3.63, 3.8) is 0 Å². The third kappa shape index (κ3) is 4.28. The van der Waals surface area contributed by atoms with E-state index in [9.17, 15) is 8.42 Å². The summed E-state index contributed by atoms with van der Waals surface area (Å²) >= 11 is 1.71. The van der Waals surface area contributed by atoms with Gasteiger partial charge in [-0.2, -0.15) is 0 Å². The van der Waals surface area contributed by atoms with E-state index in [0.29, 0.717) is 4.90 Å². The van der Waals surface area contributed by atoms with Gasteiger partial charge in [-0.3, -0.25) is 0 Å². The Bertz CT molecular complexity index is 662. The van der Waals surface area contributed by atoms with Crippen molar-refractivity contribution in [1.82, 2.24) is 0 Å². The molecular weight excluding hydrogens is 290 g/mol. The second-order valence-corrected chi connectivity index (χ2v) is 7.77. The van der Waals surface area contributed by atoms with E-state index in [1.807, 2.05) is 36.4 Å². The molecule has 0 aliphatic carbocycles. The average Bonchev–Trinajstić information content (AvgIpc) is 2.41. The molecule has 2 aromatic carbocycles. The Morgan fingerprint density at radius 3 is 2.15 bits per heavy atom. The lowest BCUT2D eigenvalue weighted by atomic mass is 10.2. The zero-order valence-electron chi connectivity index (χ0n) is 11.2. The molecule has 0 saturated carbocycles. The molecule has 0 amide bonds. The van der Waals surface area contributed by atoms with Crippen molar-refractivity contribution in [2.75, 3.05) is 17.7 Å². The number of sulfone groups is 1. The molecule has 2 N–H and O–H groups in total. The molecule has 0 bridgehead atoms. The summed E-state index contributed by atoms with van der Waals surface area (Å²) in [5, 5.41) is 0. The van der Waals surface area contributed by atoms with Crippen molar-refractivity contribution in [1.29, 1.82) is 0 Å². The van der Waals surface area contributed by atoms with Crippen LogP contribution in [0.4, 0.5) is 5.69 Å². The number of rotatable bonds is 5. The Hall–Kier alpha value is -1.46. The van der Waals surface area contributed by atoms with Crippen LogP contribution in [-0.2, 0) is 16.3 Å². The fourth-order valence-electron chi connectivity index (χ4n) is 1.75. The van der Waals surface area contributed by atoms with Gasteiger partial charge in [-0.15, -0.1) is 11.8 Å². The van der Waals surface area contributed by atoms with E-state index in [-0.39, 0.29) is 0 Å². The highest BCUT2D eigenvalue weighted by Crippen LogP contribution is 2.21. The summed E-state index contributed by atoms with van der Waals surface area (Å²) in [4.78, 5) is 1.44. The Balaban J connectivity index is 1.90. The van der Waals surface area contributed by atoms with Crippen molar-refractivity contribution in [3.8, 4) is 0 Å². The predicted octanol–water partition coefficient (Wildman–Crippen LogP) is 3.01. The molecule has 2 rings (SSSR count). The molecule has 0 fully saturated rings. The van der Waals surface area contributed by atoms with Gasteiger partial charge in [0.25, 0.3) is 0 Å². The van der Waals surface area contributed by atoms with Crippen LogP contribution in [-0.4, -0.2) is 20.4 Å². The van der Waals surface area contributed by atoms with Crippen LogP contribution in [0.3, 0.4) is 0 Å². The molecule has 106 valence electrons. The lowest BCUT2D eigenvalue weighted by molar-refractivity contribution is 0.602. The van der Waals surface area contributed by atoms with Crippen molar-refractivity contribution >= 4 is 27.3 Å². The zero-order chi connectivity index (χ0) is 14.6. The minimum Gasteiger partial charge on any atom is -0.399 e. The number of nitrogens with two attached hydrogens (primary N) is 1. The molecule has 0 aliphatic rings. The van der Waals surface area contributed by atoms with Crippen molar-refractivity contribution in [2.24, 2.45) is 0 Å². The summed E-state index contributed by atoms with van der Waals surface area (Å²) < 4.78 is 22.7. The molecule has 0 aliphatic heterocycles. The summed E-state index contributed by atoms with van der Waals surface area (Å²) in [7, 11) is -3.11. The molecule has 0 aromatic heterocycles. The Morgan fingerprint density at radius 2 is 1.60 bits per heavy atom. The number of anilines is 1. The topological polar surface area (TPSA) is 60.2 Å². The minimum atomic E-state index is -3.11. The lowest BCUT2D eigenvalue weighted by Crippen LogP contribution is -1.96. The number of aryl methyl sites for hydroxylation is 1. The van der Waals surface area contributed by atoms with Crippen LogP contribution in [0.2, 0.25) is 0 Å². The van der Waals surface area contributed by atoms with E-state index in [0.717, 1.165) is 22.8 Å². The molecule has 0 spiro atoms. The first-order chi connectivity index (χ1) is 9.45. The predicted molar refractivity (Wildman–Crippen MR) is 84.8 cm³/mol. The van der Waals surface area contributed by atoms with Crippen LogP contribution < -0.4 is 5.73 Å². The van der Waals surface area contributed by atoms with E-state index in [4.69, 9.17) is 5.73 Å². The van der Waals surface area contributed by atoms with Gasteiger partial charge in [0, 0.05) is 22.6 Å². The molecule has 0 saturated heterocycles. The minimum absolute atomic E-state index is 0.361. The van der Waals surface area contributed by atoms with Gasteiger partial charge in [0.1, 0.15) is 0 Å². The fraction of sp³-hybridized carbons (Fsp3) is 0.200. The molecule has 2 aromatic rings. The maximum Gasteiger partial charge on any atom is 0.175 e. The van der Waals surface area contributed by atoms with Gasteiger partial charge in [-0.05, 0) is 48.4 Å². The highest BCUT2D eigenvalue weighted by atomic mass is 32.2. The maximum atomic E-state index is 11.4. The standard InChI is InChI=1S/C15H17NO2S2/c1-20(17,18)15-8-6-14(7-9-15)19-11-10-12-2-4-13(16)5-3-12/h2-9H,10-11,16H2,1H3. The third-order valence-corrected chi connectivity index (χ3v) is 5.03. The molecule has 5 heteroatoms. The second kappa shape index (κ2) is 6.33. The number of thioether (sulfide) groups is 1. The smallest absolute Gasteiger partial charge is 0.175 e. The first-order valence-electron chi connectivity index (χ1n) is 6.22. The molecule has 0 unspecified atom stereocenters. The average molecular weight is 307 g/mol. The van der Waals surface area contributed by atoms with Gasteiger partial charge >= 0.3 is 0 Å². The van der Waals surface area contributed by atoms with Crippen LogP contribution >= 0.6 is 11.8 Å². The number of benzene rings is 2. The first kappa shape index (κ1) is 14.9. The lowest BCUT2D eigenvalue weighted by Gasteiger charge is -2.04. The highest BCUT2D eigenvalue weighted by Gasteiger charge is 2.06. The summed E-state index contributed by atoms with van der Waals surface area (Å²) in [6.07, 6.45) is 2.18. The van der Waals surface area contributed by atoms with Gasteiger partial charge in [0.2, 0.25) is 0 Å². The van der Waals surface area contributed by atoms with Crippen LogP contribution in [0, 0.1) is 0 Å². The van der Waals surface area contributed by atoms with E-state index < -0.39 is 9.84 Å². The zero-order valence-corrected chi connectivity index (χ0v) is 12.9. The molecule has 20 heavy (non-hydrogen) atoms. The van der Waals surface area contributed by atoms with E-state index in [1.54, 1.807) is 23.9 Å². The highest BCUT2D eigenvalue weighted by molar-refractivity contribution is 7.99. The maximum absolute atomic E-state index is 11.4. The van der Waals surface area contributed by atoms with Gasteiger partial charge in [0.05, 0.1) is 4.90 Å². The van der Waals surface area contributed by atoms with Crippen LogP contribution in [0.25, 0.3) is 0 Å². The Labute approximate surface area is 124 Å². The van der Waals surface area contributed by atoms with Crippen LogP contribution in [0.1, 0.15) is 5.56 Å². The SMILES string of the molecule is CS(=O)(=O)c1ccc(SCCc2ccc(N)cc2)cc1. The normalized spacial score (nSPS) is 11.4. The van der Waals surface area contributed by atoms with Gasteiger partial charge in [-0.1, -0.05) is 12.1 Å². The van der Waals surface area contributed by atoms with Gasteiger partial charge in [0.15, 0.2) is 9.84 Å². The fourth-order valence-corrected chi connectivity index (χ4v) is 3.29. The van der Waals surface area contributed by atoms with Crippen molar-refractivity contribution in [2.45, 2.75) is 16.2 Å². The third-order valence-electron chi connectivity index (χ3n) is 2.89. The summed E-state index contributed by atoms with van der Waals surface area (Å²) in [5.74, 6) is 0.947. The molecule has 3 nitrogen and oxygen atoms in total. The van der Waals surface area contributed by atoms with Crippen LogP contribution in [0.15, 0.2) is 58.3 Å². The van der Waals surface area contributed by atoms with Gasteiger partial charge < -0.3 is 5.73 Å². The summed E-state index contributed by atoms with van der Waals surface area (Å²) in [6, 6.07) is 14.9. The largest absolute Gasteiger partial charge is 0.399 e. The van der Waals surface area contributed by atoms with Crippen molar-refractivity contribution in [3.05, 3.63) is 54.1 Å². The second-order valence-electron chi connectivity index (χ2n) is 4.58. The first-order valence-corrected chi connectivity index (χ1v) is 9.10. The summed E-state index contributed by atoms with van der Waals surface area (Å²) in [6.45, 7) is 0. The summed E-state index contributed by atoms with van der Waals surface area (Å²) in [5.41, 5.74) is 7.67. The number of hydrogen-bond donors (Lipinski definition) is 1. The Kier molecular flexibility index (Phi) is 4.73. The molecule has 0 atom stereocenters. The Morgan fingerprint density at radius 1 is 1.00 bits per heavy atom. The molecule has 0 radical (unpaired) electrons. The quantitative estimate of drug-likeness (QED) is 0.681. The van der Waals surface area contributed by atoms with E-state index >= 15 is 0 Å². The van der Waals surface area contributed by atoms with Crippen molar-refractivity contribution < 1.29 is 8.42 Å². The van der Waals surface area contributed by atoms with E-state index in [2.05, 4.69) is 0 Å². The van der Waals surface area contributed by atoms with E-state index in [1.165, 1.54) is 11.8 Å². The number of hydrogen-bond acceptors (Lipinski definition) is 4.